The van der Waals surface area contributed by atoms with Gasteiger partial charge >= 0.3 is 0 Å². The first kappa shape index (κ1) is 16.5. The minimum absolute atomic E-state index is 0.109. The molecule has 0 spiro atoms. The highest BCUT2D eigenvalue weighted by Gasteiger charge is 2.11. The molecule has 3 rings (SSSR count). The van der Waals surface area contributed by atoms with Crippen LogP contribution in [-0.2, 0) is 0 Å². The molecule has 3 aromatic carbocycles. The van der Waals surface area contributed by atoms with Gasteiger partial charge in [-0.2, -0.15) is 4.58 Å². The molecule has 0 amide bonds. The van der Waals surface area contributed by atoms with E-state index in [9.17, 15) is 5.11 Å². The van der Waals surface area contributed by atoms with Gasteiger partial charge < -0.3 is 9.84 Å². The topological polar surface area (TPSA) is 35.3 Å². The Balaban J connectivity index is 2.20. The van der Waals surface area contributed by atoms with Crippen molar-refractivity contribution in [1.82, 2.24) is 4.58 Å². The Hall–Kier alpha value is -3.33. The summed E-state index contributed by atoms with van der Waals surface area (Å²) in [5.41, 5.74) is 1.65. The van der Waals surface area contributed by atoms with Crippen molar-refractivity contribution in [1.29, 1.82) is 0 Å². The minimum Gasteiger partial charge on any atom is -0.823 e. The Morgan fingerprint density at radius 2 is 1.36 bits per heavy atom. The number of nitrogens with zero attached hydrogens (tertiary/aromatic N) is 1. The third kappa shape index (κ3) is 4.15. The van der Waals surface area contributed by atoms with Crippen LogP contribution in [-0.4, -0.2) is 7.11 Å². The van der Waals surface area contributed by atoms with E-state index in [0.717, 1.165) is 22.4 Å². The number of rotatable bonds is 4. The molecule has 0 aliphatic rings. The highest BCUT2D eigenvalue weighted by molar-refractivity contribution is 5.54. The Kier molecular flexibility index (Phi) is 5.27. The summed E-state index contributed by atoms with van der Waals surface area (Å²) in [6, 6.07) is 28.6. The van der Waals surface area contributed by atoms with Crippen LogP contribution in [0.4, 0.5) is 5.69 Å². The van der Waals surface area contributed by atoms with Crippen LogP contribution in [0.2, 0.25) is 0 Å². The van der Waals surface area contributed by atoms with Crippen LogP contribution in [0.1, 0.15) is 5.56 Å². The Labute approximate surface area is 147 Å². The summed E-state index contributed by atoms with van der Waals surface area (Å²) in [6.45, 7) is 0. The smallest absolute Gasteiger partial charge is 0.210 e. The van der Waals surface area contributed by atoms with E-state index in [-0.39, 0.29) is 5.88 Å². The maximum atomic E-state index is 13.0. The molecule has 0 fully saturated rings. The van der Waals surface area contributed by atoms with E-state index in [2.05, 4.69) is 0 Å². The lowest BCUT2D eigenvalue weighted by atomic mass is 10.2. The zero-order valence-electron chi connectivity index (χ0n) is 14.0. The second kappa shape index (κ2) is 7.97. The van der Waals surface area contributed by atoms with Gasteiger partial charge in [-0.25, -0.2) is 0 Å². The average Bonchev–Trinajstić information content (AvgIpc) is 2.93. The lowest BCUT2D eigenvalue weighted by Gasteiger charge is -2.10. The molecule has 0 heterocycles. The molecule has 124 valence electrons. The van der Waals surface area contributed by atoms with Gasteiger partial charge in [0.2, 0.25) is 11.0 Å². The summed E-state index contributed by atoms with van der Waals surface area (Å²) in [5, 5.41) is 13.8. The predicted molar refractivity (Wildman–Crippen MR) is 98.8 cm³/mol. The van der Waals surface area contributed by atoms with Gasteiger partial charge in [0, 0.05) is 30.3 Å². The van der Waals surface area contributed by atoms with E-state index < -0.39 is 0 Å². The fraction of sp³-hybridized carbons (Fsp3) is 0.0455. The molecule has 0 bridgehead atoms. The largest absolute Gasteiger partial charge is 0.823 e. The number of hydrogen-bond acceptors (Lipinski definition) is 2. The van der Waals surface area contributed by atoms with E-state index in [1.54, 1.807) is 17.8 Å². The van der Waals surface area contributed by atoms with Crippen molar-refractivity contribution in [2.45, 2.75) is 0 Å². The Morgan fingerprint density at radius 1 is 0.800 bits per heavy atom. The summed E-state index contributed by atoms with van der Waals surface area (Å²) in [6.07, 6.45) is 1.64. The lowest BCUT2D eigenvalue weighted by Crippen LogP contribution is -2.30. The lowest BCUT2D eigenvalue weighted by molar-refractivity contribution is -0.311. The van der Waals surface area contributed by atoms with E-state index in [0.29, 0.717) is 0 Å². The maximum absolute atomic E-state index is 13.0. The molecular formula is C22H19NO2. The van der Waals surface area contributed by atoms with Crippen LogP contribution >= 0.6 is 0 Å². The minimum atomic E-state index is -0.109. The molecule has 3 aromatic rings. The first-order chi connectivity index (χ1) is 12.3. The second-order valence-electron chi connectivity index (χ2n) is 5.45. The summed E-state index contributed by atoms with van der Waals surface area (Å²) in [4.78, 5) is 0. The van der Waals surface area contributed by atoms with Gasteiger partial charge in [0.15, 0.2) is 5.88 Å². The van der Waals surface area contributed by atoms with E-state index >= 15 is 0 Å². The normalized spacial score (nSPS) is 11.0. The van der Waals surface area contributed by atoms with Crippen molar-refractivity contribution in [3.63, 3.8) is 0 Å². The third-order valence-corrected chi connectivity index (χ3v) is 3.77. The SMILES string of the molecule is COc1ccc([N+](/C([O-])=C/c2ccccc2)=c2cccccc2)cc1. The van der Waals surface area contributed by atoms with E-state index in [4.69, 9.17) is 4.74 Å². The van der Waals surface area contributed by atoms with Crippen LogP contribution in [0.3, 0.4) is 0 Å². The Morgan fingerprint density at radius 3 is 1.96 bits per heavy atom. The van der Waals surface area contributed by atoms with Crippen LogP contribution < -0.4 is 19.8 Å². The molecule has 0 aromatic heterocycles. The maximum Gasteiger partial charge on any atom is 0.210 e. The van der Waals surface area contributed by atoms with Gasteiger partial charge in [-0.15, -0.1) is 0 Å². The summed E-state index contributed by atoms with van der Waals surface area (Å²) in [7, 11) is 1.62. The fourth-order valence-corrected chi connectivity index (χ4v) is 2.53. The molecule has 3 heteroatoms. The molecule has 0 unspecified atom stereocenters. The molecule has 0 aliphatic carbocycles. The molecule has 0 saturated heterocycles. The standard InChI is InChI=1S/C22H19NO2/c1-25-21-15-13-20(14-16-21)23(19-11-7-2-3-8-12-19)22(24)17-18-9-5-4-6-10-18/h2-17H,1H3/b22-17-. The average molecular weight is 329 g/mol. The van der Waals surface area contributed by atoms with Crippen molar-refractivity contribution in [3.8, 4) is 5.75 Å². The monoisotopic (exact) mass is 329 g/mol. The molecule has 3 nitrogen and oxygen atoms in total. The molecule has 0 atom stereocenters. The third-order valence-electron chi connectivity index (χ3n) is 3.77. The molecule has 0 aliphatic heterocycles. The number of benzene rings is 2. The van der Waals surface area contributed by atoms with Gasteiger partial charge in [0.1, 0.15) is 5.75 Å². The summed E-state index contributed by atoms with van der Waals surface area (Å²) < 4.78 is 6.90. The highest BCUT2D eigenvalue weighted by Crippen LogP contribution is 2.18. The zero-order chi connectivity index (χ0) is 17.5. The van der Waals surface area contributed by atoms with Gasteiger partial charge in [-0.05, 0) is 17.7 Å². The molecule has 25 heavy (non-hydrogen) atoms. The molecule has 0 radical (unpaired) electrons. The Bertz CT molecular complexity index is 908. The molecule has 0 N–H and O–H groups in total. The van der Waals surface area contributed by atoms with Crippen molar-refractivity contribution in [3.05, 3.63) is 108 Å². The van der Waals surface area contributed by atoms with Crippen LogP contribution in [0, 0.1) is 0 Å². The van der Waals surface area contributed by atoms with Gasteiger partial charge in [-0.1, -0.05) is 54.6 Å². The number of ether oxygens (including phenoxy) is 1. The molecule has 0 saturated carbocycles. The summed E-state index contributed by atoms with van der Waals surface area (Å²) >= 11 is 0. The number of methoxy groups -OCH3 is 1. The zero-order valence-corrected chi connectivity index (χ0v) is 14.0. The first-order valence-electron chi connectivity index (χ1n) is 8.04. The van der Waals surface area contributed by atoms with Crippen molar-refractivity contribution >= 4 is 11.8 Å². The van der Waals surface area contributed by atoms with Crippen molar-refractivity contribution in [2.24, 2.45) is 0 Å². The molecular weight excluding hydrogens is 310 g/mol. The van der Waals surface area contributed by atoms with Crippen LogP contribution in [0.5, 0.6) is 5.75 Å². The van der Waals surface area contributed by atoms with Crippen molar-refractivity contribution in [2.75, 3.05) is 7.11 Å². The number of hydrogen-bond donors (Lipinski definition) is 0. The van der Waals surface area contributed by atoms with Crippen LogP contribution in [0.25, 0.3) is 6.08 Å². The van der Waals surface area contributed by atoms with E-state index in [1.807, 2.05) is 91.0 Å². The second-order valence-corrected chi connectivity index (χ2v) is 5.45. The van der Waals surface area contributed by atoms with Crippen LogP contribution in [0.15, 0.2) is 96.9 Å². The first-order valence-corrected chi connectivity index (χ1v) is 8.04. The van der Waals surface area contributed by atoms with E-state index in [1.165, 1.54) is 0 Å². The van der Waals surface area contributed by atoms with Gasteiger partial charge in [0.25, 0.3) is 0 Å². The quantitative estimate of drug-likeness (QED) is 0.544. The van der Waals surface area contributed by atoms with Crippen molar-refractivity contribution < 1.29 is 9.84 Å². The fourth-order valence-electron chi connectivity index (χ4n) is 2.53. The predicted octanol–water partition coefficient (Wildman–Crippen LogP) is 3.16. The summed E-state index contributed by atoms with van der Waals surface area (Å²) in [5.74, 6) is 0.643. The van der Waals surface area contributed by atoms with Gasteiger partial charge in [-0.3, -0.25) is 0 Å². The van der Waals surface area contributed by atoms with Gasteiger partial charge in [0.05, 0.1) is 7.11 Å². The highest BCUT2D eigenvalue weighted by atomic mass is 16.5.